The van der Waals surface area contributed by atoms with Crippen LogP contribution in [0.4, 0.5) is 0 Å². The molecule has 118 valence electrons. The van der Waals surface area contributed by atoms with Gasteiger partial charge in [-0.2, -0.15) is 0 Å². The fraction of sp³-hybridized carbons (Fsp3) is 0.200. The molecule has 23 heavy (non-hydrogen) atoms. The number of rotatable bonds is 7. The Bertz CT molecular complexity index is 753. The molecule has 0 aromatic heterocycles. The van der Waals surface area contributed by atoms with Gasteiger partial charge in [0.1, 0.15) is 18.1 Å². The quantitative estimate of drug-likeness (QED) is 0.604. The summed E-state index contributed by atoms with van der Waals surface area (Å²) >= 11 is 0. The molecule has 0 heterocycles. The van der Waals surface area contributed by atoms with Crippen molar-refractivity contribution in [3.63, 3.8) is 0 Å². The molecule has 3 heteroatoms. The van der Waals surface area contributed by atoms with Crippen molar-refractivity contribution in [1.29, 1.82) is 0 Å². The standard InChI is InChI=1S/C20H20O3/c1-21-19-9-7-18-14-20(10-8-17(18)13-19)23-12-11-22-15-16-5-3-2-4-6-16/h2-10,13-14H,11-12,15H2,1H3. The summed E-state index contributed by atoms with van der Waals surface area (Å²) in [5, 5.41) is 2.27. The Hall–Kier alpha value is -2.52. The van der Waals surface area contributed by atoms with Crippen LogP contribution in [0.15, 0.2) is 66.7 Å². The highest BCUT2D eigenvalue weighted by Crippen LogP contribution is 2.24. The maximum absolute atomic E-state index is 5.75. The molecule has 0 spiro atoms. The molecule has 0 radical (unpaired) electrons. The number of hydrogen-bond acceptors (Lipinski definition) is 3. The molecule has 0 saturated heterocycles. The molecular weight excluding hydrogens is 288 g/mol. The molecule has 0 N–H and O–H groups in total. The zero-order valence-corrected chi connectivity index (χ0v) is 13.2. The van der Waals surface area contributed by atoms with E-state index >= 15 is 0 Å². The maximum atomic E-state index is 5.75. The van der Waals surface area contributed by atoms with Crippen LogP contribution >= 0.6 is 0 Å². The summed E-state index contributed by atoms with van der Waals surface area (Å²) < 4.78 is 16.6. The molecule has 0 atom stereocenters. The normalized spacial score (nSPS) is 10.7. The van der Waals surface area contributed by atoms with Crippen LogP contribution in [0.5, 0.6) is 11.5 Å². The van der Waals surface area contributed by atoms with Gasteiger partial charge < -0.3 is 14.2 Å². The van der Waals surface area contributed by atoms with Gasteiger partial charge in [0.25, 0.3) is 0 Å². The van der Waals surface area contributed by atoms with Crippen molar-refractivity contribution < 1.29 is 14.2 Å². The largest absolute Gasteiger partial charge is 0.497 e. The van der Waals surface area contributed by atoms with Crippen molar-refractivity contribution in [1.82, 2.24) is 0 Å². The molecule has 3 aromatic carbocycles. The number of fused-ring (bicyclic) bond motifs is 1. The smallest absolute Gasteiger partial charge is 0.120 e. The molecule has 3 aromatic rings. The van der Waals surface area contributed by atoms with Crippen molar-refractivity contribution in [3.8, 4) is 11.5 Å². The summed E-state index contributed by atoms with van der Waals surface area (Å²) in [6.45, 7) is 1.71. The summed E-state index contributed by atoms with van der Waals surface area (Å²) in [6, 6.07) is 22.2. The zero-order chi connectivity index (χ0) is 15.9. The Morgan fingerprint density at radius 2 is 1.43 bits per heavy atom. The van der Waals surface area contributed by atoms with Gasteiger partial charge in [-0.15, -0.1) is 0 Å². The van der Waals surface area contributed by atoms with Gasteiger partial charge >= 0.3 is 0 Å². The highest BCUT2D eigenvalue weighted by Gasteiger charge is 2.00. The lowest BCUT2D eigenvalue weighted by Crippen LogP contribution is -2.06. The molecule has 0 aliphatic rings. The minimum absolute atomic E-state index is 0.536. The van der Waals surface area contributed by atoms with Crippen LogP contribution < -0.4 is 9.47 Å². The Balaban J connectivity index is 1.49. The van der Waals surface area contributed by atoms with Gasteiger partial charge in [0, 0.05) is 0 Å². The lowest BCUT2D eigenvalue weighted by Gasteiger charge is -2.09. The van der Waals surface area contributed by atoms with E-state index in [4.69, 9.17) is 14.2 Å². The Morgan fingerprint density at radius 3 is 2.17 bits per heavy atom. The predicted molar refractivity (Wildman–Crippen MR) is 92.1 cm³/mol. The first-order chi connectivity index (χ1) is 11.3. The molecule has 0 bridgehead atoms. The van der Waals surface area contributed by atoms with Crippen molar-refractivity contribution in [2.45, 2.75) is 6.61 Å². The first-order valence-corrected chi connectivity index (χ1v) is 7.67. The van der Waals surface area contributed by atoms with Gasteiger partial charge in [0.15, 0.2) is 0 Å². The van der Waals surface area contributed by atoms with E-state index in [1.807, 2.05) is 54.6 Å². The zero-order valence-electron chi connectivity index (χ0n) is 13.2. The van der Waals surface area contributed by atoms with Crippen LogP contribution in [0, 0.1) is 0 Å². The second-order valence-electron chi connectivity index (χ2n) is 5.26. The SMILES string of the molecule is COc1ccc2cc(OCCOCc3ccccc3)ccc2c1. The van der Waals surface area contributed by atoms with Gasteiger partial charge in [-0.05, 0) is 40.6 Å². The third-order valence-electron chi connectivity index (χ3n) is 3.63. The van der Waals surface area contributed by atoms with Crippen LogP contribution in [-0.4, -0.2) is 20.3 Å². The molecule has 0 aliphatic carbocycles. The van der Waals surface area contributed by atoms with Crippen molar-refractivity contribution in [2.24, 2.45) is 0 Å². The number of hydrogen-bond donors (Lipinski definition) is 0. The summed E-state index contributed by atoms with van der Waals surface area (Å²) in [6.07, 6.45) is 0. The van der Waals surface area contributed by atoms with Crippen molar-refractivity contribution in [2.75, 3.05) is 20.3 Å². The minimum Gasteiger partial charge on any atom is -0.497 e. The molecule has 3 rings (SSSR count). The van der Waals surface area contributed by atoms with Crippen LogP contribution in [0.3, 0.4) is 0 Å². The van der Waals surface area contributed by atoms with Gasteiger partial charge in [-0.25, -0.2) is 0 Å². The highest BCUT2D eigenvalue weighted by atomic mass is 16.5. The Kier molecular flexibility index (Phi) is 5.12. The van der Waals surface area contributed by atoms with E-state index in [0.29, 0.717) is 19.8 Å². The topological polar surface area (TPSA) is 27.7 Å². The number of methoxy groups -OCH3 is 1. The first-order valence-electron chi connectivity index (χ1n) is 7.67. The summed E-state index contributed by atoms with van der Waals surface area (Å²) in [7, 11) is 1.67. The van der Waals surface area contributed by atoms with Gasteiger partial charge in [-0.1, -0.05) is 42.5 Å². The molecule has 3 nitrogen and oxygen atoms in total. The van der Waals surface area contributed by atoms with Crippen LogP contribution in [0.1, 0.15) is 5.56 Å². The molecule has 0 saturated carbocycles. The fourth-order valence-electron chi connectivity index (χ4n) is 2.40. The Morgan fingerprint density at radius 1 is 0.739 bits per heavy atom. The number of benzene rings is 3. The average molecular weight is 308 g/mol. The van der Waals surface area contributed by atoms with Gasteiger partial charge in [-0.3, -0.25) is 0 Å². The summed E-state index contributed by atoms with van der Waals surface area (Å²) in [5.41, 5.74) is 1.17. The second-order valence-corrected chi connectivity index (χ2v) is 5.26. The van der Waals surface area contributed by atoms with Crippen LogP contribution in [0.2, 0.25) is 0 Å². The summed E-state index contributed by atoms with van der Waals surface area (Å²) in [4.78, 5) is 0. The van der Waals surface area contributed by atoms with E-state index in [1.54, 1.807) is 7.11 Å². The van der Waals surface area contributed by atoms with Crippen molar-refractivity contribution >= 4 is 10.8 Å². The van der Waals surface area contributed by atoms with Crippen molar-refractivity contribution in [3.05, 3.63) is 72.3 Å². The van der Waals surface area contributed by atoms with E-state index in [-0.39, 0.29) is 0 Å². The molecular formula is C20H20O3. The second kappa shape index (κ2) is 7.65. The third-order valence-corrected chi connectivity index (χ3v) is 3.63. The van der Waals surface area contributed by atoms with Gasteiger partial charge in [0.2, 0.25) is 0 Å². The highest BCUT2D eigenvalue weighted by molar-refractivity contribution is 5.85. The number of ether oxygens (including phenoxy) is 3. The molecule has 0 amide bonds. The lowest BCUT2D eigenvalue weighted by atomic mass is 10.1. The lowest BCUT2D eigenvalue weighted by molar-refractivity contribution is 0.0890. The van der Waals surface area contributed by atoms with E-state index in [2.05, 4.69) is 12.1 Å². The van der Waals surface area contributed by atoms with E-state index < -0.39 is 0 Å². The first kappa shape index (κ1) is 15.4. The molecule has 0 unspecified atom stereocenters. The maximum Gasteiger partial charge on any atom is 0.120 e. The molecule has 0 fully saturated rings. The summed E-state index contributed by atoms with van der Waals surface area (Å²) in [5.74, 6) is 1.71. The average Bonchev–Trinajstić information content (AvgIpc) is 2.62. The van der Waals surface area contributed by atoms with E-state index in [0.717, 1.165) is 22.3 Å². The minimum atomic E-state index is 0.536. The fourth-order valence-corrected chi connectivity index (χ4v) is 2.40. The van der Waals surface area contributed by atoms with Crippen LogP contribution in [0.25, 0.3) is 10.8 Å². The monoisotopic (exact) mass is 308 g/mol. The predicted octanol–water partition coefficient (Wildman–Crippen LogP) is 4.44. The molecule has 0 aliphatic heterocycles. The van der Waals surface area contributed by atoms with Gasteiger partial charge in [0.05, 0.1) is 20.3 Å². The third kappa shape index (κ3) is 4.24. The van der Waals surface area contributed by atoms with Crippen LogP contribution in [-0.2, 0) is 11.3 Å². The van der Waals surface area contributed by atoms with E-state index in [1.165, 1.54) is 5.56 Å². The Labute approximate surface area is 136 Å². The van der Waals surface area contributed by atoms with E-state index in [9.17, 15) is 0 Å².